The van der Waals surface area contributed by atoms with Crippen LogP contribution in [-0.4, -0.2) is 29.8 Å². The van der Waals surface area contributed by atoms with Crippen LogP contribution < -0.4 is 5.32 Å². The van der Waals surface area contributed by atoms with Crippen LogP contribution >= 0.6 is 0 Å². The summed E-state index contributed by atoms with van der Waals surface area (Å²) in [4.78, 5) is 13.0. The molecule has 0 spiro atoms. The zero-order valence-corrected chi connectivity index (χ0v) is 10.9. The minimum absolute atomic E-state index is 0.0463. The summed E-state index contributed by atoms with van der Waals surface area (Å²) in [5, 5.41) is 1.11. The van der Waals surface area contributed by atoms with Gasteiger partial charge in [0.25, 0.3) is 0 Å². The molecular formula is C12H19F3N2O. The number of halogens is 3. The molecule has 0 aromatic carbocycles. The molecule has 1 aliphatic heterocycles. The number of hydrogen-bond acceptors (Lipinski definition) is 1. The third-order valence-corrected chi connectivity index (χ3v) is 3.92. The summed E-state index contributed by atoms with van der Waals surface area (Å²) in [5.41, 5.74) is 0.0419. The predicted octanol–water partition coefficient (Wildman–Crippen LogP) is 3.12. The lowest BCUT2D eigenvalue weighted by Crippen LogP contribution is -2.48. The molecule has 0 radical (unpaired) electrons. The summed E-state index contributed by atoms with van der Waals surface area (Å²) in [6.45, 7) is 6.70. The molecule has 1 saturated heterocycles. The van der Waals surface area contributed by atoms with E-state index in [9.17, 15) is 18.0 Å². The lowest BCUT2D eigenvalue weighted by Gasteiger charge is -2.39. The second kappa shape index (κ2) is 3.78. The Morgan fingerprint density at radius 1 is 1.28 bits per heavy atom. The number of likely N-dealkylation sites (tertiary alicyclic amines) is 1. The zero-order valence-electron chi connectivity index (χ0n) is 10.9. The van der Waals surface area contributed by atoms with E-state index in [2.05, 4.69) is 20.8 Å². The predicted molar refractivity (Wildman–Crippen MR) is 60.8 cm³/mol. The molecule has 2 rings (SSSR count). The first-order valence-electron chi connectivity index (χ1n) is 6.15. The summed E-state index contributed by atoms with van der Waals surface area (Å²) in [6.07, 6.45) is -2.12. The van der Waals surface area contributed by atoms with Gasteiger partial charge in [-0.3, -0.25) is 0 Å². The molecule has 1 N–H and O–H groups in total. The highest BCUT2D eigenvalue weighted by Gasteiger charge is 2.51. The SMILES string of the molecule is CC1(C)CC2CC(C)(CN2C(=O)NC(F)(F)F)C1. The Morgan fingerprint density at radius 2 is 1.89 bits per heavy atom. The standard InChI is InChI=1S/C12H19F3N2O/c1-10(2)4-8-5-11(3,6-10)7-17(8)9(18)16-12(13,14)15/h8H,4-7H2,1-3H3,(H,16,18). The van der Waals surface area contributed by atoms with Crippen LogP contribution in [0.5, 0.6) is 0 Å². The number of fused-ring (bicyclic) bond motifs is 2. The molecule has 2 amide bonds. The third-order valence-electron chi connectivity index (χ3n) is 3.92. The quantitative estimate of drug-likeness (QED) is 0.670. The van der Waals surface area contributed by atoms with Crippen molar-refractivity contribution in [3.63, 3.8) is 0 Å². The molecule has 2 atom stereocenters. The van der Waals surface area contributed by atoms with E-state index in [0.717, 1.165) is 24.6 Å². The molecule has 2 bridgehead atoms. The van der Waals surface area contributed by atoms with Crippen molar-refractivity contribution in [1.29, 1.82) is 0 Å². The summed E-state index contributed by atoms with van der Waals surface area (Å²) in [7, 11) is 0. The van der Waals surface area contributed by atoms with Gasteiger partial charge in [-0.1, -0.05) is 20.8 Å². The molecule has 3 nitrogen and oxygen atoms in total. The van der Waals surface area contributed by atoms with Crippen LogP contribution in [0, 0.1) is 10.8 Å². The van der Waals surface area contributed by atoms with Gasteiger partial charge in [-0.25, -0.2) is 10.1 Å². The Kier molecular flexibility index (Phi) is 2.83. The second-order valence-corrected chi connectivity index (χ2v) is 6.77. The summed E-state index contributed by atoms with van der Waals surface area (Å²) in [6, 6.07) is -1.07. The molecule has 0 aromatic heterocycles. The van der Waals surface area contributed by atoms with Crippen molar-refractivity contribution >= 4 is 6.03 Å². The highest BCUT2D eigenvalue weighted by Crippen LogP contribution is 2.52. The van der Waals surface area contributed by atoms with Gasteiger partial charge in [0.05, 0.1) is 0 Å². The Labute approximate surface area is 105 Å². The average Bonchev–Trinajstić information content (AvgIpc) is 2.31. The van der Waals surface area contributed by atoms with E-state index in [4.69, 9.17) is 0 Å². The molecule has 2 unspecified atom stereocenters. The Morgan fingerprint density at radius 3 is 2.44 bits per heavy atom. The number of amides is 2. The molecule has 6 heteroatoms. The van der Waals surface area contributed by atoms with Gasteiger partial charge in [0.1, 0.15) is 0 Å². The lowest BCUT2D eigenvalue weighted by atomic mass is 9.65. The number of hydrogen-bond donors (Lipinski definition) is 1. The monoisotopic (exact) mass is 264 g/mol. The number of alkyl halides is 3. The van der Waals surface area contributed by atoms with Crippen LogP contribution in [-0.2, 0) is 0 Å². The third kappa shape index (κ3) is 2.72. The van der Waals surface area contributed by atoms with E-state index in [1.807, 2.05) is 0 Å². The van der Waals surface area contributed by atoms with E-state index < -0.39 is 12.3 Å². The minimum Gasteiger partial charge on any atom is -0.321 e. The lowest BCUT2D eigenvalue weighted by molar-refractivity contribution is -0.147. The van der Waals surface area contributed by atoms with Crippen molar-refractivity contribution in [3.05, 3.63) is 0 Å². The molecular weight excluding hydrogens is 245 g/mol. The molecule has 1 aliphatic carbocycles. The Bertz CT molecular complexity index is 367. The van der Waals surface area contributed by atoms with Gasteiger partial charge in [-0.2, -0.15) is 13.2 Å². The number of nitrogens with one attached hydrogen (secondary N) is 1. The van der Waals surface area contributed by atoms with Gasteiger partial charge in [0.15, 0.2) is 0 Å². The van der Waals surface area contributed by atoms with E-state index >= 15 is 0 Å². The Hall–Kier alpha value is -0.940. The maximum atomic E-state index is 12.2. The fraction of sp³-hybridized carbons (Fsp3) is 0.917. The van der Waals surface area contributed by atoms with Crippen molar-refractivity contribution in [2.24, 2.45) is 10.8 Å². The van der Waals surface area contributed by atoms with Crippen LogP contribution in [0.3, 0.4) is 0 Å². The van der Waals surface area contributed by atoms with Crippen molar-refractivity contribution in [1.82, 2.24) is 10.2 Å². The van der Waals surface area contributed by atoms with Crippen LogP contribution in [0.25, 0.3) is 0 Å². The first kappa shape index (κ1) is 13.5. The smallest absolute Gasteiger partial charge is 0.321 e. The molecule has 2 fully saturated rings. The summed E-state index contributed by atoms with van der Waals surface area (Å²) in [5.74, 6) is 0. The number of carbonyl (C=O) groups is 1. The molecule has 18 heavy (non-hydrogen) atoms. The number of nitrogens with zero attached hydrogens (tertiary/aromatic N) is 1. The van der Waals surface area contributed by atoms with E-state index in [1.54, 1.807) is 0 Å². The van der Waals surface area contributed by atoms with Crippen LogP contribution in [0.15, 0.2) is 0 Å². The second-order valence-electron chi connectivity index (χ2n) is 6.77. The van der Waals surface area contributed by atoms with Crippen LogP contribution in [0.4, 0.5) is 18.0 Å². The van der Waals surface area contributed by atoms with Gasteiger partial charge < -0.3 is 4.90 Å². The van der Waals surface area contributed by atoms with E-state index in [0.29, 0.717) is 6.54 Å². The highest BCUT2D eigenvalue weighted by molar-refractivity contribution is 5.75. The maximum Gasteiger partial charge on any atom is 0.485 e. The normalized spacial score (nSPS) is 34.6. The molecule has 1 saturated carbocycles. The molecule has 2 aliphatic rings. The van der Waals surface area contributed by atoms with Gasteiger partial charge in [-0.05, 0) is 30.1 Å². The topological polar surface area (TPSA) is 32.3 Å². The molecule has 104 valence electrons. The van der Waals surface area contributed by atoms with Crippen molar-refractivity contribution < 1.29 is 18.0 Å². The van der Waals surface area contributed by atoms with Crippen molar-refractivity contribution in [2.75, 3.05) is 6.54 Å². The highest BCUT2D eigenvalue weighted by atomic mass is 19.4. The van der Waals surface area contributed by atoms with Gasteiger partial charge >= 0.3 is 12.3 Å². The summed E-state index contributed by atoms with van der Waals surface area (Å²) < 4.78 is 36.6. The van der Waals surface area contributed by atoms with Crippen LogP contribution in [0.1, 0.15) is 40.0 Å². The number of rotatable bonds is 0. The molecule has 1 heterocycles. The average molecular weight is 264 g/mol. The Balaban J connectivity index is 2.11. The molecule has 0 aromatic rings. The first-order chi connectivity index (χ1) is 8.00. The van der Waals surface area contributed by atoms with Crippen LogP contribution in [0.2, 0.25) is 0 Å². The largest absolute Gasteiger partial charge is 0.485 e. The summed E-state index contributed by atoms with van der Waals surface area (Å²) >= 11 is 0. The van der Waals surface area contributed by atoms with Gasteiger partial charge in [0.2, 0.25) is 0 Å². The fourth-order valence-corrected chi connectivity index (χ4v) is 3.89. The zero-order chi connectivity index (χ0) is 13.8. The maximum absolute atomic E-state index is 12.2. The number of urea groups is 1. The van der Waals surface area contributed by atoms with Gasteiger partial charge in [-0.15, -0.1) is 0 Å². The van der Waals surface area contributed by atoms with Gasteiger partial charge in [0, 0.05) is 12.6 Å². The van der Waals surface area contributed by atoms with Crippen molar-refractivity contribution in [3.8, 4) is 0 Å². The van der Waals surface area contributed by atoms with E-state index in [1.165, 1.54) is 4.90 Å². The fourth-order valence-electron chi connectivity index (χ4n) is 3.89. The number of carbonyl (C=O) groups excluding carboxylic acids is 1. The van der Waals surface area contributed by atoms with E-state index in [-0.39, 0.29) is 16.9 Å². The minimum atomic E-state index is -4.65. The van der Waals surface area contributed by atoms with Crippen molar-refractivity contribution in [2.45, 2.75) is 52.4 Å². The first-order valence-corrected chi connectivity index (χ1v) is 6.15.